The molecule has 3 aromatic rings. The average Bonchev–Trinajstić information content (AvgIpc) is 3.33. The first kappa shape index (κ1) is 19.0. The van der Waals surface area contributed by atoms with Gasteiger partial charge in [0.25, 0.3) is 0 Å². The number of nitrogens with zero attached hydrogens (tertiary/aromatic N) is 7. The monoisotopic (exact) mass is 404 g/mol. The molecule has 0 atom stereocenters. The van der Waals surface area contributed by atoms with Gasteiger partial charge < -0.3 is 20.0 Å². The van der Waals surface area contributed by atoms with E-state index in [0.29, 0.717) is 5.65 Å². The lowest BCUT2D eigenvalue weighted by Gasteiger charge is -2.29. The molecule has 2 saturated heterocycles. The molecule has 1 aromatic carbocycles. The Balaban J connectivity index is 1.72. The average molecular weight is 405 g/mol. The van der Waals surface area contributed by atoms with Gasteiger partial charge in [0.15, 0.2) is 22.8 Å². The maximum atomic E-state index is 5.10. The predicted octanol–water partition coefficient (Wildman–Crippen LogP) is 2.16. The van der Waals surface area contributed by atoms with Crippen molar-refractivity contribution >= 4 is 28.7 Å². The zero-order valence-corrected chi connectivity index (χ0v) is 17.7. The van der Waals surface area contributed by atoms with Crippen molar-refractivity contribution in [2.75, 3.05) is 68.1 Å². The van der Waals surface area contributed by atoms with Gasteiger partial charge in [0.05, 0.1) is 0 Å². The number of piperazine rings is 1. The van der Waals surface area contributed by atoms with Crippen LogP contribution >= 0.6 is 0 Å². The fraction of sp³-hybridized carbons (Fsp3) is 0.455. The zero-order valence-electron chi connectivity index (χ0n) is 17.7. The van der Waals surface area contributed by atoms with Crippen LogP contribution in [0.4, 0.5) is 17.6 Å². The van der Waals surface area contributed by atoms with E-state index in [1.165, 1.54) is 12.8 Å². The van der Waals surface area contributed by atoms with E-state index >= 15 is 0 Å². The lowest BCUT2D eigenvalue weighted by molar-refractivity contribution is 0.580. The maximum Gasteiger partial charge on any atom is 0.229 e. The molecule has 5 rings (SSSR count). The molecule has 0 radical (unpaired) electrons. The highest BCUT2D eigenvalue weighted by molar-refractivity contribution is 5.89. The second kappa shape index (κ2) is 8.02. The van der Waals surface area contributed by atoms with Gasteiger partial charge in [-0.25, -0.2) is 9.97 Å². The largest absolute Gasteiger partial charge is 0.361 e. The Morgan fingerprint density at radius 2 is 1.57 bits per heavy atom. The van der Waals surface area contributed by atoms with Crippen LogP contribution in [-0.2, 0) is 0 Å². The SMILES string of the molecule is CN(C)c1nc2nc(N3CCNCC3)nc(N3CCCC3)c2nc1-c1ccccc1. The van der Waals surface area contributed by atoms with Gasteiger partial charge in [0.1, 0.15) is 5.69 Å². The van der Waals surface area contributed by atoms with E-state index in [1.54, 1.807) is 0 Å². The van der Waals surface area contributed by atoms with Crippen molar-refractivity contribution in [3.63, 3.8) is 0 Å². The lowest BCUT2D eigenvalue weighted by atomic mass is 10.1. The van der Waals surface area contributed by atoms with Crippen LogP contribution in [0.3, 0.4) is 0 Å². The Bertz CT molecular complexity index is 1020. The van der Waals surface area contributed by atoms with Crippen LogP contribution in [0.15, 0.2) is 30.3 Å². The fourth-order valence-corrected chi connectivity index (χ4v) is 4.17. The minimum atomic E-state index is 0.670. The number of rotatable bonds is 4. The van der Waals surface area contributed by atoms with E-state index in [2.05, 4.69) is 27.2 Å². The highest BCUT2D eigenvalue weighted by Crippen LogP contribution is 2.33. The fourth-order valence-electron chi connectivity index (χ4n) is 4.17. The minimum absolute atomic E-state index is 0.670. The van der Waals surface area contributed by atoms with Gasteiger partial charge in [0.2, 0.25) is 5.95 Å². The van der Waals surface area contributed by atoms with Crippen molar-refractivity contribution < 1.29 is 0 Å². The normalized spacial score (nSPS) is 17.0. The van der Waals surface area contributed by atoms with Gasteiger partial charge in [0, 0.05) is 58.9 Å². The predicted molar refractivity (Wildman–Crippen MR) is 121 cm³/mol. The molecule has 0 spiro atoms. The molecule has 156 valence electrons. The summed E-state index contributed by atoms with van der Waals surface area (Å²) in [5.41, 5.74) is 3.38. The molecule has 0 saturated carbocycles. The van der Waals surface area contributed by atoms with Crippen molar-refractivity contribution in [1.29, 1.82) is 0 Å². The van der Waals surface area contributed by atoms with E-state index in [9.17, 15) is 0 Å². The lowest BCUT2D eigenvalue weighted by Crippen LogP contribution is -2.44. The number of aromatic nitrogens is 4. The van der Waals surface area contributed by atoms with E-state index in [0.717, 1.165) is 73.6 Å². The first-order chi connectivity index (χ1) is 14.7. The van der Waals surface area contributed by atoms with Crippen molar-refractivity contribution in [2.24, 2.45) is 0 Å². The molecule has 8 heteroatoms. The van der Waals surface area contributed by atoms with Gasteiger partial charge >= 0.3 is 0 Å². The van der Waals surface area contributed by atoms with Crippen LogP contribution in [0.25, 0.3) is 22.4 Å². The van der Waals surface area contributed by atoms with Crippen molar-refractivity contribution in [2.45, 2.75) is 12.8 Å². The summed E-state index contributed by atoms with van der Waals surface area (Å²) in [5, 5.41) is 3.40. The number of hydrogen-bond donors (Lipinski definition) is 1. The van der Waals surface area contributed by atoms with Gasteiger partial charge in [-0.05, 0) is 12.8 Å². The Hall–Kier alpha value is -3.00. The summed E-state index contributed by atoms with van der Waals surface area (Å²) in [4.78, 5) is 26.6. The minimum Gasteiger partial charge on any atom is -0.361 e. The summed E-state index contributed by atoms with van der Waals surface area (Å²) < 4.78 is 0. The molecule has 2 aliphatic rings. The van der Waals surface area contributed by atoms with Crippen molar-refractivity contribution in [1.82, 2.24) is 25.3 Å². The van der Waals surface area contributed by atoms with Crippen LogP contribution in [0.1, 0.15) is 12.8 Å². The van der Waals surface area contributed by atoms with Crippen LogP contribution in [0.2, 0.25) is 0 Å². The number of anilines is 3. The molecule has 30 heavy (non-hydrogen) atoms. The zero-order chi connectivity index (χ0) is 20.5. The topological polar surface area (TPSA) is 73.3 Å². The number of hydrogen-bond acceptors (Lipinski definition) is 8. The van der Waals surface area contributed by atoms with E-state index in [-0.39, 0.29) is 0 Å². The third-order valence-electron chi connectivity index (χ3n) is 5.76. The molecule has 8 nitrogen and oxygen atoms in total. The smallest absolute Gasteiger partial charge is 0.229 e. The van der Waals surface area contributed by atoms with Crippen LogP contribution in [-0.4, -0.2) is 73.3 Å². The molecular formula is C22H28N8. The Morgan fingerprint density at radius 3 is 2.27 bits per heavy atom. The second-order valence-electron chi connectivity index (χ2n) is 8.11. The van der Waals surface area contributed by atoms with Gasteiger partial charge in [-0.1, -0.05) is 30.3 Å². The Labute approximate surface area is 177 Å². The molecule has 0 unspecified atom stereocenters. The highest BCUT2D eigenvalue weighted by atomic mass is 15.3. The first-order valence-electron chi connectivity index (χ1n) is 10.7. The summed E-state index contributed by atoms with van der Waals surface area (Å²) >= 11 is 0. The van der Waals surface area contributed by atoms with E-state index in [1.807, 2.05) is 37.2 Å². The third-order valence-corrected chi connectivity index (χ3v) is 5.76. The summed E-state index contributed by atoms with van der Waals surface area (Å²) in [6, 6.07) is 10.2. The maximum absolute atomic E-state index is 5.10. The molecule has 0 amide bonds. The molecule has 2 aliphatic heterocycles. The van der Waals surface area contributed by atoms with Gasteiger partial charge in [-0.15, -0.1) is 0 Å². The van der Waals surface area contributed by atoms with Crippen molar-refractivity contribution in [3.05, 3.63) is 30.3 Å². The standard InChI is InChI=1S/C22H28N8/c1-28(2)20-17(16-8-4-3-5-9-16)24-18-19(25-20)26-22(30-14-10-23-11-15-30)27-21(18)29-12-6-7-13-29/h3-5,8-9,23H,6-7,10-15H2,1-2H3. The summed E-state index contributed by atoms with van der Waals surface area (Å²) in [7, 11) is 4.00. The van der Waals surface area contributed by atoms with Gasteiger partial charge in [-0.2, -0.15) is 9.97 Å². The molecule has 0 bridgehead atoms. The first-order valence-corrected chi connectivity index (χ1v) is 10.7. The van der Waals surface area contributed by atoms with Crippen molar-refractivity contribution in [3.8, 4) is 11.3 Å². The van der Waals surface area contributed by atoms with E-state index < -0.39 is 0 Å². The van der Waals surface area contributed by atoms with Crippen LogP contribution < -0.4 is 20.0 Å². The molecule has 0 aliphatic carbocycles. The number of fused-ring (bicyclic) bond motifs is 1. The summed E-state index contributed by atoms with van der Waals surface area (Å²) in [6.07, 6.45) is 2.37. The summed E-state index contributed by atoms with van der Waals surface area (Å²) in [6.45, 7) is 5.71. The molecule has 4 heterocycles. The number of benzene rings is 1. The number of nitrogens with one attached hydrogen (secondary N) is 1. The van der Waals surface area contributed by atoms with Crippen LogP contribution in [0.5, 0.6) is 0 Å². The molecule has 2 fully saturated rings. The highest BCUT2D eigenvalue weighted by Gasteiger charge is 2.24. The summed E-state index contributed by atoms with van der Waals surface area (Å²) in [5.74, 6) is 2.50. The van der Waals surface area contributed by atoms with Crippen LogP contribution in [0, 0.1) is 0 Å². The van der Waals surface area contributed by atoms with E-state index in [4.69, 9.17) is 19.9 Å². The second-order valence-corrected chi connectivity index (χ2v) is 8.11. The Morgan fingerprint density at radius 1 is 0.833 bits per heavy atom. The third kappa shape index (κ3) is 3.52. The quantitative estimate of drug-likeness (QED) is 0.709. The molecular weight excluding hydrogens is 376 g/mol. The molecule has 1 N–H and O–H groups in total. The molecule has 2 aromatic heterocycles. The Kier molecular flexibility index (Phi) is 5.08. The van der Waals surface area contributed by atoms with Gasteiger partial charge in [-0.3, -0.25) is 0 Å².